The summed E-state index contributed by atoms with van der Waals surface area (Å²) >= 11 is 0. The van der Waals surface area contributed by atoms with Crippen LogP contribution in [0.15, 0.2) is 91.4 Å². The number of anilines is 1. The summed E-state index contributed by atoms with van der Waals surface area (Å²) in [7, 11) is 4.91. The highest BCUT2D eigenvalue weighted by Crippen LogP contribution is 2.28. The molecule has 48 heavy (non-hydrogen) atoms. The fourth-order valence-electron chi connectivity index (χ4n) is 5.59. The first kappa shape index (κ1) is 32.6. The highest BCUT2D eigenvalue weighted by Gasteiger charge is 2.18. The van der Waals surface area contributed by atoms with E-state index in [1.807, 2.05) is 48.5 Å². The first-order valence-electron chi connectivity index (χ1n) is 16.0. The van der Waals surface area contributed by atoms with Gasteiger partial charge >= 0.3 is 0 Å². The van der Waals surface area contributed by atoms with Gasteiger partial charge in [-0.3, -0.25) is 9.97 Å². The third-order valence-electron chi connectivity index (χ3n) is 8.37. The lowest BCUT2D eigenvalue weighted by atomic mass is 9.99. The van der Waals surface area contributed by atoms with Crippen LogP contribution in [0.3, 0.4) is 0 Å². The van der Waals surface area contributed by atoms with Gasteiger partial charge in [0.2, 0.25) is 0 Å². The van der Waals surface area contributed by atoms with Crippen molar-refractivity contribution in [2.45, 2.75) is 39.1 Å². The second-order valence-corrected chi connectivity index (χ2v) is 11.5. The summed E-state index contributed by atoms with van der Waals surface area (Å²) in [6.07, 6.45) is 7.24. The lowest BCUT2D eigenvalue weighted by Crippen LogP contribution is -2.30. The Morgan fingerprint density at radius 1 is 0.583 bits per heavy atom. The van der Waals surface area contributed by atoms with Crippen molar-refractivity contribution >= 4 is 5.82 Å². The molecule has 3 aromatic heterocycles. The standard InChI is InChI=1S/C22H23N3O3.C16H18N2O2/c1-26-20-6-4-18(23-12-20)15-28-19-5-3-16-9-10-25(14-17(16)11-19)22-8-7-21(27-2)13-24-22;1-19-16-5-3-14(18-10-16)11-20-15-4-2-12-6-7-17-9-13(12)8-15/h3-8,11-13H,9-10,14-15H2,1-2H3;2-5,8,10,17H,6-7,9,11H2,1H3. The lowest BCUT2D eigenvalue weighted by Gasteiger charge is -2.30. The third-order valence-corrected chi connectivity index (χ3v) is 8.37. The molecule has 2 aliphatic heterocycles. The minimum atomic E-state index is 0.423. The van der Waals surface area contributed by atoms with E-state index in [0.717, 1.165) is 85.0 Å². The predicted molar refractivity (Wildman–Crippen MR) is 184 cm³/mol. The maximum atomic E-state index is 5.95. The highest BCUT2D eigenvalue weighted by atomic mass is 16.5. The Balaban J connectivity index is 0.000000177. The molecule has 0 saturated heterocycles. The van der Waals surface area contributed by atoms with E-state index in [2.05, 4.69) is 49.4 Å². The molecule has 5 aromatic rings. The molecular formula is C38H41N5O5. The Bertz CT molecular complexity index is 1770. The van der Waals surface area contributed by atoms with Crippen molar-refractivity contribution in [3.05, 3.63) is 125 Å². The molecule has 0 spiro atoms. The summed E-state index contributed by atoms with van der Waals surface area (Å²) < 4.78 is 27.2. The van der Waals surface area contributed by atoms with Crippen LogP contribution in [0.25, 0.3) is 0 Å². The van der Waals surface area contributed by atoms with Crippen molar-refractivity contribution in [1.29, 1.82) is 0 Å². The largest absolute Gasteiger partial charge is 0.495 e. The molecular weight excluding hydrogens is 606 g/mol. The molecule has 2 aromatic carbocycles. The van der Waals surface area contributed by atoms with Gasteiger partial charge in [0.05, 0.1) is 51.3 Å². The van der Waals surface area contributed by atoms with Crippen LogP contribution in [0.4, 0.5) is 5.82 Å². The molecule has 248 valence electrons. The number of methoxy groups -OCH3 is 3. The Morgan fingerprint density at radius 2 is 1.12 bits per heavy atom. The fraction of sp³-hybridized carbons (Fsp3) is 0.289. The average molecular weight is 648 g/mol. The number of benzene rings is 2. The van der Waals surface area contributed by atoms with Gasteiger partial charge in [0, 0.05) is 19.6 Å². The van der Waals surface area contributed by atoms with Crippen LogP contribution in [0.2, 0.25) is 0 Å². The summed E-state index contributed by atoms with van der Waals surface area (Å²) in [5.41, 5.74) is 7.13. The molecule has 0 atom stereocenters. The van der Waals surface area contributed by atoms with Gasteiger partial charge in [-0.2, -0.15) is 0 Å². The average Bonchev–Trinajstić information content (AvgIpc) is 3.16. The molecule has 0 aliphatic carbocycles. The van der Waals surface area contributed by atoms with E-state index in [9.17, 15) is 0 Å². The van der Waals surface area contributed by atoms with Crippen molar-refractivity contribution in [3.8, 4) is 28.7 Å². The number of aromatic nitrogens is 3. The second kappa shape index (κ2) is 16.0. The minimum Gasteiger partial charge on any atom is -0.495 e. The Labute approximate surface area is 281 Å². The minimum absolute atomic E-state index is 0.423. The molecule has 0 radical (unpaired) electrons. The van der Waals surface area contributed by atoms with Crippen molar-refractivity contribution in [1.82, 2.24) is 20.3 Å². The molecule has 10 heteroatoms. The molecule has 0 fully saturated rings. The lowest BCUT2D eigenvalue weighted by molar-refractivity contribution is 0.300. The third kappa shape index (κ3) is 8.51. The van der Waals surface area contributed by atoms with E-state index >= 15 is 0 Å². The van der Waals surface area contributed by atoms with Gasteiger partial charge < -0.3 is 33.9 Å². The Kier molecular flexibility index (Phi) is 10.8. The maximum Gasteiger partial charge on any atom is 0.137 e. The predicted octanol–water partition coefficient (Wildman–Crippen LogP) is 5.95. The number of nitrogens with zero attached hydrogens (tertiary/aromatic N) is 4. The number of nitrogens with one attached hydrogen (secondary N) is 1. The van der Waals surface area contributed by atoms with E-state index in [0.29, 0.717) is 13.2 Å². The molecule has 0 saturated carbocycles. The van der Waals surface area contributed by atoms with Crippen molar-refractivity contribution < 1.29 is 23.7 Å². The molecule has 10 nitrogen and oxygen atoms in total. The van der Waals surface area contributed by atoms with Crippen LogP contribution in [0.1, 0.15) is 33.6 Å². The quantitative estimate of drug-likeness (QED) is 0.196. The number of rotatable bonds is 10. The van der Waals surface area contributed by atoms with Gasteiger partial charge in [-0.1, -0.05) is 12.1 Å². The van der Waals surface area contributed by atoms with Crippen molar-refractivity contribution in [2.24, 2.45) is 0 Å². The Hall–Kier alpha value is -5.35. The summed E-state index contributed by atoms with van der Waals surface area (Å²) in [6.45, 7) is 4.63. The van der Waals surface area contributed by atoms with Crippen LogP contribution < -0.4 is 33.9 Å². The number of hydrogen-bond donors (Lipinski definition) is 1. The first-order valence-corrected chi connectivity index (χ1v) is 16.0. The van der Waals surface area contributed by atoms with Gasteiger partial charge in [0.25, 0.3) is 0 Å². The van der Waals surface area contributed by atoms with Gasteiger partial charge in [0.1, 0.15) is 47.8 Å². The number of fused-ring (bicyclic) bond motifs is 2. The van der Waals surface area contributed by atoms with Crippen LogP contribution in [0.5, 0.6) is 28.7 Å². The zero-order chi connectivity index (χ0) is 33.1. The van der Waals surface area contributed by atoms with Crippen LogP contribution >= 0.6 is 0 Å². The van der Waals surface area contributed by atoms with E-state index in [-0.39, 0.29) is 0 Å². The zero-order valence-electron chi connectivity index (χ0n) is 27.6. The summed E-state index contributed by atoms with van der Waals surface area (Å²) in [6, 6.07) is 24.2. The summed E-state index contributed by atoms with van der Waals surface area (Å²) in [5.74, 6) is 4.97. The molecule has 5 heterocycles. The highest BCUT2D eigenvalue weighted by molar-refractivity contribution is 5.47. The molecule has 1 N–H and O–H groups in total. The number of pyridine rings is 3. The van der Waals surface area contributed by atoms with Crippen molar-refractivity contribution in [2.75, 3.05) is 39.3 Å². The topological polar surface area (TPSA) is 100 Å². The normalized spacial score (nSPS) is 13.3. The van der Waals surface area contributed by atoms with Gasteiger partial charge in [-0.05, 0) is 102 Å². The zero-order valence-corrected chi connectivity index (χ0v) is 27.6. The van der Waals surface area contributed by atoms with Crippen LogP contribution in [-0.4, -0.2) is 49.4 Å². The van der Waals surface area contributed by atoms with Crippen LogP contribution in [-0.2, 0) is 39.1 Å². The monoisotopic (exact) mass is 647 g/mol. The van der Waals surface area contributed by atoms with E-state index in [4.69, 9.17) is 23.7 Å². The molecule has 2 aliphatic rings. The second-order valence-electron chi connectivity index (χ2n) is 11.5. The van der Waals surface area contributed by atoms with Crippen LogP contribution in [0, 0.1) is 0 Å². The van der Waals surface area contributed by atoms with Crippen molar-refractivity contribution in [3.63, 3.8) is 0 Å². The van der Waals surface area contributed by atoms with Gasteiger partial charge in [-0.25, -0.2) is 4.98 Å². The van der Waals surface area contributed by atoms with E-state index in [1.54, 1.807) is 39.9 Å². The van der Waals surface area contributed by atoms with Gasteiger partial charge in [-0.15, -0.1) is 0 Å². The number of hydrogen-bond acceptors (Lipinski definition) is 10. The first-order chi connectivity index (χ1) is 23.6. The van der Waals surface area contributed by atoms with E-state index in [1.165, 1.54) is 22.3 Å². The smallest absolute Gasteiger partial charge is 0.137 e. The molecule has 0 unspecified atom stereocenters. The molecule has 0 bridgehead atoms. The molecule has 0 amide bonds. The summed E-state index contributed by atoms with van der Waals surface area (Å²) in [4.78, 5) is 15.4. The number of ether oxygens (including phenoxy) is 5. The van der Waals surface area contributed by atoms with E-state index < -0.39 is 0 Å². The van der Waals surface area contributed by atoms with Gasteiger partial charge in [0.15, 0.2) is 0 Å². The Morgan fingerprint density at radius 3 is 1.67 bits per heavy atom. The maximum absolute atomic E-state index is 5.95. The molecule has 7 rings (SSSR count). The fourth-order valence-corrected chi connectivity index (χ4v) is 5.59. The SMILES string of the molecule is COc1ccc(COc2ccc3c(c2)CN(c2ccc(OC)cn2)CC3)nc1.COc1ccc(COc2ccc3c(c2)CNCC3)nc1. The summed E-state index contributed by atoms with van der Waals surface area (Å²) in [5, 5.41) is 3.37.